The molecule has 1 fully saturated rings. The number of nitriles is 3. The quantitative estimate of drug-likeness (QED) is 0.249. The van der Waals surface area contributed by atoms with Crippen molar-refractivity contribution in [3.8, 4) is 24.0 Å². The fourth-order valence-corrected chi connectivity index (χ4v) is 5.71. The zero-order valence-electron chi connectivity index (χ0n) is 24.7. The Kier molecular flexibility index (Phi) is 9.73. The molecule has 2 aromatic carbocycles. The van der Waals surface area contributed by atoms with E-state index in [-0.39, 0.29) is 17.9 Å². The Labute approximate surface area is 257 Å². The van der Waals surface area contributed by atoms with Crippen molar-refractivity contribution in [1.82, 2.24) is 0 Å². The van der Waals surface area contributed by atoms with Crippen molar-refractivity contribution in [2.75, 3.05) is 25.1 Å². The molecule has 7 nitrogen and oxygen atoms in total. The number of anilines is 1. The molecule has 1 aliphatic heterocycles. The van der Waals surface area contributed by atoms with Crippen LogP contribution in [0, 0.1) is 45.3 Å². The van der Waals surface area contributed by atoms with Gasteiger partial charge in [-0.25, -0.2) is 0 Å². The average Bonchev–Trinajstić information content (AvgIpc) is 3.54. The van der Waals surface area contributed by atoms with Gasteiger partial charge in [-0.15, -0.1) is 11.3 Å². The summed E-state index contributed by atoms with van der Waals surface area (Å²) in [5.41, 5.74) is 1.24. The molecule has 3 aromatic rings. The highest BCUT2D eigenvalue weighted by Crippen LogP contribution is 2.54. The molecule has 0 spiro atoms. The lowest BCUT2D eigenvalue weighted by Crippen LogP contribution is -2.39. The van der Waals surface area contributed by atoms with E-state index < -0.39 is 16.9 Å². The number of aliphatic hydroxyl groups is 1. The second kappa shape index (κ2) is 13.4. The molecule has 2 atom stereocenters. The third-order valence-electron chi connectivity index (χ3n) is 7.90. The second-order valence-corrected chi connectivity index (χ2v) is 12.1. The van der Waals surface area contributed by atoms with Gasteiger partial charge in [0, 0.05) is 46.1 Å². The highest BCUT2D eigenvalue weighted by molar-refractivity contribution is 7.13. The highest BCUT2D eigenvalue weighted by Gasteiger charge is 2.57. The molecule has 1 saturated heterocycles. The molecule has 1 aromatic heterocycles. The van der Waals surface area contributed by atoms with E-state index in [0.29, 0.717) is 13.2 Å². The van der Waals surface area contributed by atoms with Crippen LogP contribution in [0.5, 0.6) is 5.75 Å². The second-order valence-electron chi connectivity index (χ2n) is 11.0. The molecule has 1 N–H and O–H groups in total. The molecule has 2 unspecified atom stereocenters. The van der Waals surface area contributed by atoms with Crippen molar-refractivity contribution in [3.63, 3.8) is 0 Å². The van der Waals surface area contributed by atoms with Crippen LogP contribution in [0.4, 0.5) is 5.69 Å². The average molecular weight is 591 g/mol. The summed E-state index contributed by atoms with van der Waals surface area (Å²) in [6.45, 7) is 6.68. The summed E-state index contributed by atoms with van der Waals surface area (Å²) >= 11 is 1.60. The van der Waals surface area contributed by atoms with Crippen LogP contribution >= 0.6 is 11.3 Å². The Morgan fingerprint density at radius 1 is 1.00 bits per heavy atom. The number of thiophene rings is 1. The summed E-state index contributed by atoms with van der Waals surface area (Å²) in [5.74, 6) is 0.121. The van der Waals surface area contributed by atoms with Crippen LogP contribution in [-0.2, 0) is 11.3 Å². The first kappa shape index (κ1) is 31.1. The van der Waals surface area contributed by atoms with E-state index in [0.717, 1.165) is 32.3 Å². The number of benzene rings is 2. The van der Waals surface area contributed by atoms with Crippen LogP contribution in [-0.4, -0.2) is 30.9 Å². The van der Waals surface area contributed by atoms with Crippen molar-refractivity contribution >= 4 is 35.3 Å². The predicted molar refractivity (Wildman–Crippen MR) is 170 cm³/mol. The van der Waals surface area contributed by atoms with Crippen LogP contribution in [0.3, 0.4) is 0 Å². The lowest BCUT2D eigenvalue weighted by Gasteiger charge is -2.34. The van der Waals surface area contributed by atoms with Crippen LogP contribution in [0.1, 0.15) is 41.7 Å². The summed E-state index contributed by atoms with van der Waals surface area (Å²) in [7, 11) is 1.93. The minimum atomic E-state index is -0.800. The number of allylic oxidation sites excluding steroid dienone is 2. The van der Waals surface area contributed by atoms with E-state index in [9.17, 15) is 20.9 Å². The van der Waals surface area contributed by atoms with Gasteiger partial charge in [0.25, 0.3) is 0 Å². The molecule has 1 aliphatic rings. The van der Waals surface area contributed by atoms with Gasteiger partial charge in [-0.05, 0) is 61.9 Å². The molecular weight excluding hydrogens is 556 g/mol. The van der Waals surface area contributed by atoms with Gasteiger partial charge in [0.05, 0.1) is 12.7 Å². The number of aliphatic hydroxyl groups excluding tert-OH is 1. The third-order valence-corrected chi connectivity index (χ3v) is 8.92. The molecule has 4 rings (SSSR count). The van der Waals surface area contributed by atoms with Crippen LogP contribution in [0.15, 0.2) is 78.1 Å². The maximum Gasteiger partial charge on any atom is 0.168 e. The van der Waals surface area contributed by atoms with Crippen molar-refractivity contribution in [1.29, 1.82) is 15.8 Å². The van der Waals surface area contributed by atoms with Crippen molar-refractivity contribution in [2.24, 2.45) is 11.3 Å². The first-order valence-electron chi connectivity index (χ1n) is 13.9. The van der Waals surface area contributed by atoms with Crippen molar-refractivity contribution in [3.05, 3.63) is 99.0 Å². The van der Waals surface area contributed by atoms with Crippen LogP contribution in [0.25, 0.3) is 18.2 Å². The molecule has 43 heavy (non-hydrogen) atoms. The lowest BCUT2D eigenvalue weighted by atomic mass is 9.68. The van der Waals surface area contributed by atoms with Crippen LogP contribution < -0.4 is 9.64 Å². The van der Waals surface area contributed by atoms with E-state index in [1.807, 2.05) is 130 Å². The zero-order valence-corrected chi connectivity index (χ0v) is 25.6. The van der Waals surface area contributed by atoms with E-state index in [1.54, 1.807) is 11.3 Å². The minimum absolute atomic E-state index is 0.0625. The fraction of sp³-hybridized carbons (Fsp3) is 0.286. The normalized spacial score (nSPS) is 19.0. The minimum Gasteiger partial charge on any atom is -0.488 e. The molecular formula is C35H34N4O3S. The molecule has 218 valence electrons. The standard InChI is InChI=1S/C35H34N4O3S/c1-34(2)35(3,31(23-38)33(42-34)27(21-36)22-37)17-16-30-15-14-29(43-30)13-11-26-10-12-28(39(4)18-19-40)20-32(26)41-24-25-8-6-5-7-9-25/h5-17,20,31,40H,18-19,24H2,1-4H3/b13-11+,17-16+. The Morgan fingerprint density at radius 2 is 1.70 bits per heavy atom. The number of hydrogen-bond acceptors (Lipinski definition) is 8. The topological polar surface area (TPSA) is 113 Å². The Hall–Kier alpha value is -4.81. The predicted octanol–water partition coefficient (Wildman–Crippen LogP) is 7.20. The van der Waals surface area contributed by atoms with Gasteiger partial charge in [0.2, 0.25) is 0 Å². The SMILES string of the molecule is CN(CCO)c1ccc(/C=C/c2ccc(/C=C/C3(C)C(C#N)C(=C(C#N)C#N)OC3(C)C)s2)c(OCc2ccccc2)c1. The molecule has 0 bridgehead atoms. The maximum atomic E-state index is 9.98. The van der Waals surface area contributed by atoms with E-state index in [1.165, 1.54) is 0 Å². The summed E-state index contributed by atoms with van der Waals surface area (Å²) in [6.07, 6.45) is 7.99. The van der Waals surface area contributed by atoms with Gasteiger partial charge in [0.1, 0.15) is 41.8 Å². The number of hydrogen-bond donors (Lipinski definition) is 1. The highest BCUT2D eigenvalue weighted by atomic mass is 32.1. The molecule has 0 amide bonds. The summed E-state index contributed by atoms with van der Waals surface area (Å²) in [4.78, 5) is 4.01. The number of rotatable bonds is 10. The monoisotopic (exact) mass is 590 g/mol. The van der Waals surface area contributed by atoms with Crippen LogP contribution in [0.2, 0.25) is 0 Å². The third kappa shape index (κ3) is 6.82. The number of likely N-dealkylation sites (N-methyl/N-ethyl adjacent to an activating group) is 1. The molecule has 8 heteroatoms. The zero-order chi connectivity index (χ0) is 31.0. The van der Waals surface area contributed by atoms with Gasteiger partial charge < -0.3 is 19.5 Å². The molecule has 0 radical (unpaired) electrons. The van der Waals surface area contributed by atoms with Gasteiger partial charge in [-0.2, -0.15) is 15.8 Å². The largest absolute Gasteiger partial charge is 0.488 e. The van der Waals surface area contributed by atoms with E-state index in [4.69, 9.17) is 9.47 Å². The first-order valence-corrected chi connectivity index (χ1v) is 14.7. The van der Waals surface area contributed by atoms with Crippen molar-refractivity contribution < 1.29 is 14.6 Å². The number of ether oxygens (including phenoxy) is 2. The maximum absolute atomic E-state index is 9.98. The smallest absolute Gasteiger partial charge is 0.168 e. The molecule has 0 aliphatic carbocycles. The summed E-state index contributed by atoms with van der Waals surface area (Å²) in [5, 5.41) is 38.1. The molecule has 2 heterocycles. The lowest BCUT2D eigenvalue weighted by molar-refractivity contribution is 0.0160. The van der Waals surface area contributed by atoms with Gasteiger partial charge >= 0.3 is 0 Å². The summed E-state index contributed by atoms with van der Waals surface area (Å²) < 4.78 is 12.3. The fourth-order valence-electron chi connectivity index (χ4n) is 4.90. The molecule has 0 saturated carbocycles. The summed E-state index contributed by atoms with van der Waals surface area (Å²) in [6, 6.07) is 26.1. The van der Waals surface area contributed by atoms with Gasteiger partial charge in [-0.1, -0.05) is 43.3 Å². The van der Waals surface area contributed by atoms with E-state index in [2.05, 4.69) is 6.07 Å². The van der Waals surface area contributed by atoms with E-state index >= 15 is 0 Å². The van der Waals surface area contributed by atoms with Crippen molar-refractivity contribution in [2.45, 2.75) is 33.0 Å². The Bertz CT molecular complexity index is 1650. The Balaban J connectivity index is 1.57. The Morgan fingerprint density at radius 3 is 2.35 bits per heavy atom. The van der Waals surface area contributed by atoms with Gasteiger partial charge in [0.15, 0.2) is 5.57 Å². The first-order chi connectivity index (χ1) is 20.6. The van der Waals surface area contributed by atoms with Gasteiger partial charge in [-0.3, -0.25) is 0 Å². The number of nitrogens with zero attached hydrogens (tertiary/aromatic N) is 4.